The Labute approximate surface area is 335 Å². The van der Waals surface area contributed by atoms with Crippen LogP contribution in [0, 0.1) is 0 Å². The molecule has 0 amide bonds. The first-order valence-corrected chi connectivity index (χ1v) is 19.5. The molecule has 272 valence electrons. The highest BCUT2D eigenvalue weighted by Crippen LogP contribution is 2.39. The normalized spacial score (nSPS) is 11.4. The maximum Gasteiger partial charge on any atom is 0.220 e. The van der Waals surface area contributed by atoms with Gasteiger partial charge in [-0.15, -0.1) is 0 Å². The Balaban J connectivity index is 1.13. The van der Waals surface area contributed by atoms with Crippen molar-refractivity contribution in [2.75, 3.05) is 0 Å². The van der Waals surface area contributed by atoms with E-state index in [9.17, 15) is 0 Å². The lowest BCUT2D eigenvalue weighted by Gasteiger charge is -2.14. The lowest BCUT2D eigenvalue weighted by molar-refractivity contribution is 1.11. The number of hydrogen-bond donors (Lipinski definition) is 0. The van der Waals surface area contributed by atoms with Crippen LogP contribution in [0.2, 0.25) is 0 Å². The van der Waals surface area contributed by atoms with Gasteiger partial charge < -0.3 is 0 Å². The van der Waals surface area contributed by atoms with Crippen molar-refractivity contribution >= 4 is 27.8 Å². The minimum atomic E-state index is 0.681. The molecule has 0 N–H and O–H groups in total. The Bertz CT molecular complexity index is 3190. The van der Waals surface area contributed by atoms with E-state index in [4.69, 9.17) is 15.0 Å². The monoisotopic (exact) mass is 741 g/mol. The summed E-state index contributed by atoms with van der Waals surface area (Å²) in [5.74, 6) is 1.56. The van der Waals surface area contributed by atoms with Gasteiger partial charge in [0.15, 0.2) is 5.82 Å². The molecule has 0 aliphatic rings. The van der Waals surface area contributed by atoms with Crippen molar-refractivity contribution in [2.24, 2.45) is 0 Å². The fraction of sp³-hybridized carbons (Fsp3) is 0. The van der Waals surface area contributed by atoms with Gasteiger partial charge in [-0.3, -0.25) is 8.97 Å². The van der Waals surface area contributed by atoms with Crippen LogP contribution in [0.15, 0.2) is 212 Å². The first-order chi connectivity index (χ1) is 28.7. The smallest absolute Gasteiger partial charge is 0.220 e. The first kappa shape index (κ1) is 33.4. The van der Waals surface area contributed by atoms with Gasteiger partial charge in [0.2, 0.25) is 5.78 Å². The summed E-state index contributed by atoms with van der Waals surface area (Å²) in [5, 5.41) is 0. The van der Waals surface area contributed by atoms with Crippen molar-refractivity contribution in [3.05, 3.63) is 212 Å². The predicted octanol–water partition coefficient (Wildman–Crippen LogP) is 13.2. The fourth-order valence-corrected chi connectivity index (χ4v) is 8.14. The van der Waals surface area contributed by atoms with Crippen molar-refractivity contribution in [1.82, 2.24) is 23.9 Å². The third-order valence-corrected chi connectivity index (χ3v) is 11.0. The van der Waals surface area contributed by atoms with Gasteiger partial charge in [-0.25, -0.2) is 15.0 Å². The Morgan fingerprint density at radius 2 is 0.845 bits per heavy atom. The van der Waals surface area contributed by atoms with Crippen molar-refractivity contribution in [1.29, 1.82) is 0 Å². The van der Waals surface area contributed by atoms with E-state index in [0.29, 0.717) is 5.82 Å². The van der Waals surface area contributed by atoms with Crippen LogP contribution in [0.3, 0.4) is 0 Å². The highest BCUT2D eigenvalue weighted by atomic mass is 15.2. The summed E-state index contributed by atoms with van der Waals surface area (Å²) in [6.45, 7) is 0. The molecular formula is C53H35N5. The topological polar surface area (TPSA) is 48.0 Å². The largest absolute Gasteiger partial charge is 0.278 e. The number of imidazole rings is 2. The minimum Gasteiger partial charge on any atom is -0.278 e. The second kappa shape index (κ2) is 14.0. The number of nitrogens with zero attached hydrogens (tertiary/aromatic N) is 5. The van der Waals surface area contributed by atoms with E-state index in [1.54, 1.807) is 0 Å². The molecule has 0 aliphatic heterocycles. The molecule has 8 aromatic carbocycles. The fourth-order valence-electron chi connectivity index (χ4n) is 8.14. The zero-order valence-corrected chi connectivity index (χ0v) is 31.4. The van der Waals surface area contributed by atoms with E-state index in [1.807, 2.05) is 12.1 Å². The van der Waals surface area contributed by atoms with Crippen LogP contribution in [0.25, 0.3) is 101 Å². The van der Waals surface area contributed by atoms with E-state index in [-0.39, 0.29) is 0 Å². The summed E-state index contributed by atoms with van der Waals surface area (Å²) in [4.78, 5) is 15.6. The van der Waals surface area contributed by atoms with Crippen LogP contribution < -0.4 is 0 Å². The van der Waals surface area contributed by atoms with Crippen LogP contribution in [0.1, 0.15) is 0 Å². The summed E-state index contributed by atoms with van der Waals surface area (Å²) in [7, 11) is 0. The van der Waals surface area contributed by atoms with Crippen LogP contribution in [-0.2, 0) is 0 Å². The number of hydrogen-bond acceptors (Lipinski definition) is 3. The molecule has 3 heterocycles. The molecule has 0 radical (unpaired) electrons. The molecule has 0 bridgehead atoms. The maximum atomic E-state index is 5.25. The van der Waals surface area contributed by atoms with Gasteiger partial charge in [0, 0.05) is 22.4 Å². The lowest BCUT2D eigenvalue weighted by Crippen LogP contribution is -1.97. The van der Waals surface area contributed by atoms with Crippen molar-refractivity contribution < 1.29 is 0 Å². The van der Waals surface area contributed by atoms with Crippen LogP contribution in [0.4, 0.5) is 0 Å². The zero-order valence-electron chi connectivity index (χ0n) is 31.4. The van der Waals surface area contributed by atoms with Gasteiger partial charge >= 0.3 is 0 Å². The number of para-hydroxylation sites is 1. The van der Waals surface area contributed by atoms with Gasteiger partial charge in [-0.1, -0.05) is 164 Å². The summed E-state index contributed by atoms with van der Waals surface area (Å²) in [6.07, 6.45) is 0. The third kappa shape index (κ3) is 5.85. The van der Waals surface area contributed by atoms with E-state index >= 15 is 0 Å². The number of fused-ring (bicyclic) bond motifs is 5. The number of rotatable bonds is 7. The van der Waals surface area contributed by atoms with Gasteiger partial charge in [-0.05, 0) is 81.9 Å². The standard InChI is InChI=1S/C53H35N5/c1-6-16-36(17-7-1)40-27-30-46-50(33-40)58-51-34-41(28-31-49(51)57(53(58)56-46)43-24-14-5-15-25-43)44-29-26-42(32-45(44)37-18-8-2-9-19-37)52-54-47(38-20-10-3-11-21-38)35-48(55-52)39-22-12-4-13-23-39/h1-35H. The second-order valence-corrected chi connectivity index (χ2v) is 14.5. The molecule has 0 saturated heterocycles. The van der Waals surface area contributed by atoms with Crippen LogP contribution >= 0.6 is 0 Å². The van der Waals surface area contributed by atoms with Gasteiger partial charge in [0.25, 0.3) is 0 Å². The van der Waals surface area contributed by atoms with Crippen molar-refractivity contribution in [3.63, 3.8) is 0 Å². The number of benzene rings is 8. The molecule has 0 aliphatic carbocycles. The molecule has 5 nitrogen and oxygen atoms in total. The molecule has 0 unspecified atom stereocenters. The Hall–Kier alpha value is -7.89. The van der Waals surface area contributed by atoms with E-state index in [0.717, 1.165) is 89.4 Å². The molecule has 0 fully saturated rings. The first-order valence-electron chi connectivity index (χ1n) is 19.5. The Morgan fingerprint density at radius 1 is 0.310 bits per heavy atom. The zero-order chi connectivity index (χ0) is 38.4. The molecule has 11 rings (SSSR count). The average Bonchev–Trinajstić information content (AvgIpc) is 3.84. The lowest BCUT2D eigenvalue weighted by atomic mass is 9.92. The molecule has 11 aromatic rings. The molecule has 5 heteroatoms. The third-order valence-electron chi connectivity index (χ3n) is 11.0. The van der Waals surface area contributed by atoms with Gasteiger partial charge in [0.05, 0.1) is 33.5 Å². The molecule has 0 saturated carbocycles. The molecule has 0 atom stereocenters. The maximum absolute atomic E-state index is 5.25. The second-order valence-electron chi connectivity index (χ2n) is 14.5. The van der Waals surface area contributed by atoms with Crippen molar-refractivity contribution in [2.45, 2.75) is 0 Å². The van der Waals surface area contributed by atoms with E-state index in [2.05, 4.69) is 209 Å². The SMILES string of the molecule is c1ccc(-c2ccc3nc4n(-c5ccccc5)c5ccc(-c6ccc(-c7nc(-c8ccccc8)cc(-c8ccccc8)n7)cc6-c6ccccc6)cc5n4c3c2)cc1. The summed E-state index contributed by atoms with van der Waals surface area (Å²) in [6, 6.07) is 74.4. The van der Waals surface area contributed by atoms with E-state index < -0.39 is 0 Å². The minimum absolute atomic E-state index is 0.681. The highest BCUT2D eigenvalue weighted by molar-refractivity contribution is 5.97. The van der Waals surface area contributed by atoms with Gasteiger partial charge in [0.1, 0.15) is 0 Å². The Kier molecular flexibility index (Phi) is 8.07. The molecule has 3 aromatic heterocycles. The predicted molar refractivity (Wildman–Crippen MR) is 238 cm³/mol. The van der Waals surface area contributed by atoms with E-state index in [1.165, 1.54) is 5.56 Å². The number of aromatic nitrogens is 5. The highest BCUT2D eigenvalue weighted by Gasteiger charge is 2.20. The molecule has 58 heavy (non-hydrogen) atoms. The molecular weight excluding hydrogens is 707 g/mol. The van der Waals surface area contributed by atoms with Crippen molar-refractivity contribution in [3.8, 4) is 73.0 Å². The summed E-state index contributed by atoms with van der Waals surface area (Å²) >= 11 is 0. The summed E-state index contributed by atoms with van der Waals surface area (Å²) < 4.78 is 4.59. The summed E-state index contributed by atoms with van der Waals surface area (Å²) in [5.41, 5.74) is 16.8. The Morgan fingerprint density at radius 3 is 1.48 bits per heavy atom. The van der Waals surface area contributed by atoms with Crippen LogP contribution in [-0.4, -0.2) is 23.9 Å². The van der Waals surface area contributed by atoms with Gasteiger partial charge in [-0.2, -0.15) is 0 Å². The quantitative estimate of drug-likeness (QED) is 0.163. The average molecular weight is 742 g/mol. The van der Waals surface area contributed by atoms with Crippen LogP contribution in [0.5, 0.6) is 0 Å². The molecule has 0 spiro atoms.